The number of rotatable bonds is 7. The summed E-state index contributed by atoms with van der Waals surface area (Å²) < 4.78 is 26.5. The van der Waals surface area contributed by atoms with Gasteiger partial charge in [-0.1, -0.05) is 24.3 Å². The number of nitrogens with zero attached hydrogens (tertiary/aromatic N) is 1. The molecule has 0 fully saturated rings. The van der Waals surface area contributed by atoms with Gasteiger partial charge >= 0.3 is 0 Å². The van der Waals surface area contributed by atoms with Gasteiger partial charge in [0.25, 0.3) is 0 Å². The van der Waals surface area contributed by atoms with Crippen LogP contribution >= 0.6 is 0 Å². The van der Waals surface area contributed by atoms with Crippen LogP contribution in [0.25, 0.3) is 0 Å². The molecule has 1 amide bonds. The van der Waals surface area contributed by atoms with Crippen molar-refractivity contribution in [2.24, 2.45) is 0 Å². The summed E-state index contributed by atoms with van der Waals surface area (Å²) in [6.45, 7) is 3.88. The Morgan fingerprint density at radius 2 is 1.92 bits per heavy atom. The Kier molecular flexibility index (Phi) is 6.05. The summed E-state index contributed by atoms with van der Waals surface area (Å²) in [5.74, 6) is -0.550. The molecule has 7 heteroatoms. The van der Waals surface area contributed by atoms with Crippen LogP contribution in [-0.2, 0) is 27.1 Å². The molecule has 0 aliphatic rings. The highest BCUT2D eigenvalue weighted by molar-refractivity contribution is 7.88. The van der Waals surface area contributed by atoms with E-state index < -0.39 is 15.9 Å². The largest absolute Gasteiger partial charge is 0.349 e. The van der Waals surface area contributed by atoms with Crippen LogP contribution in [-0.4, -0.2) is 25.9 Å². The topological polar surface area (TPSA) is 88.2 Å². The highest BCUT2D eigenvalue weighted by Crippen LogP contribution is 2.12. The van der Waals surface area contributed by atoms with Gasteiger partial charge in [0, 0.05) is 6.20 Å². The van der Waals surface area contributed by atoms with E-state index in [0.717, 1.165) is 11.1 Å². The third kappa shape index (κ3) is 5.75. The summed E-state index contributed by atoms with van der Waals surface area (Å²) in [7, 11) is -3.57. The summed E-state index contributed by atoms with van der Waals surface area (Å²) in [6, 6.07) is 10.9. The Labute approximate surface area is 142 Å². The van der Waals surface area contributed by atoms with Crippen molar-refractivity contribution in [2.45, 2.75) is 26.1 Å². The zero-order valence-electron chi connectivity index (χ0n) is 13.7. The second-order valence-corrected chi connectivity index (χ2v) is 7.40. The van der Waals surface area contributed by atoms with Gasteiger partial charge in [-0.05, 0) is 42.7 Å². The first-order valence-corrected chi connectivity index (χ1v) is 9.21. The van der Waals surface area contributed by atoms with Crippen LogP contribution < -0.4 is 10.0 Å². The van der Waals surface area contributed by atoms with Crippen molar-refractivity contribution in [1.29, 1.82) is 0 Å². The lowest BCUT2D eigenvalue weighted by atomic mass is 10.1. The lowest BCUT2D eigenvalue weighted by molar-refractivity contribution is -0.120. The highest BCUT2D eigenvalue weighted by atomic mass is 32.2. The molecule has 0 aliphatic carbocycles. The van der Waals surface area contributed by atoms with E-state index in [-0.39, 0.29) is 18.8 Å². The average Bonchev–Trinajstić information content (AvgIpc) is 2.55. The van der Waals surface area contributed by atoms with Crippen molar-refractivity contribution >= 4 is 15.9 Å². The molecule has 2 aromatic rings. The van der Waals surface area contributed by atoms with Gasteiger partial charge in [-0.25, -0.2) is 13.1 Å². The number of aryl methyl sites for hydroxylation is 2. The molecule has 0 aliphatic heterocycles. The molecule has 0 bridgehead atoms. The van der Waals surface area contributed by atoms with Gasteiger partial charge in [-0.3, -0.25) is 9.78 Å². The number of carbonyl (C=O) groups is 1. The number of pyridine rings is 1. The minimum Gasteiger partial charge on any atom is -0.349 e. The molecule has 24 heavy (non-hydrogen) atoms. The predicted octanol–water partition coefficient (Wildman–Crippen LogP) is 1.43. The van der Waals surface area contributed by atoms with E-state index >= 15 is 0 Å². The van der Waals surface area contributed by atoms with E-state index in [1.54, 1.807) is 24.4 Å². The third-order valence-corrected chi connectivity index (χ3v) is 4.87. The Morgan fingerprint density at radius 3 is 2.58 bits per heavy atom. The van der Waals surface area contributed by atoms with Gasteiger partial charge in [-0.2, -0.15) is 0 Å². The van der Waals surface area contributed by atoms with Crippen molar-refractivity contribution in [1.82, 2.24) is 15.0 Å². The maximum Gasteiger partial charge on any atom is 0.235 e. The zero-order valence-corrected chi connectivity index (χ0v) is 14.6. The normalized spacial score (nSPS) is 11.2. The quantitative estimate of drug-likeness (QED) is 0.793. The van der Waals surface area contributed by atoms with Crippen molar-refractivity contribution in [3.05, 3.63) is 65.0 Å². The van der Waals surface area contributed by atoms with Gasteiger partial charge in [0.15, 0.2) is 0 Å². The standard InChI is InChI=1S/C17H21N3O3S/c1-13-6-7-15(9-14(13)2)12-24(22,23)20-11-17(21)19-10-16-5-3-4-8-18-16/h3-9,20H,10-12H2,1-2H3,(H,19,21). The molecule has 1 aromatic heterocycles. The summed E-state index contributed by atoms with van der Waals surface area (Å²) in [6.07, 6.45) is 1.63. The molecule has 0 saturated carbocycles. The third-order valence-electron chi connectivity index (χ3n) is 3.57. The number of aromatic nitrogens is 1. The molecular formula is C17H21N3O3S. The van der Waals surface area contributed by atoms with Gasteiger partial charge < -0.3 is 5.32 Å². The van der Waals surface area contributed by atoms with Crippen molar-refractivity contribution in [2.75, 3.05) is 6.54 Å². The highest BCUT2D eigenvalue weighted by Gasteiger charge is 2.14. The lowest BCUT2D eigenvalue weighted by Crippen LogP contribution is -2.37. The molecule has 0 saturated heterocycles. The maximum atomic E-state index is 12.1. The van der Waals surface area contributed by atoms with Crippen LogP contribution in [0.15, 0.2) is 42.6 Å². The van der Waals surface area contributed by atoms with Crippen LogP contribution in [0.2, 0.25) is 0 Å². The summed E-state index contributed by atoms with van der Waals surface area (Å²) >= 11 is 0. The number of hydrogen-bond acceptors (Lipinski definition) is 4. The summed E-state index contributed by atoms with van der Waals surface area (Å²) in [5, 5.41) is 2.62. The number of benzene rings is 1. The maximum absolute atomic E-state index is 12.1. The SMILES string of the molecule is Cc1ccc(CS(=O)(=O)NCC(=O)NCc2ccccn2)cc1C. The Bertz CT molecular complexity index is 805. The number of sulfonamides is 1. The molecule has 2 rings (SSSR count). The monoisotopic (exact) mass is 347 g/mol. The van der Waals surface area contributed by atoms with Crippen molar-refractivity contribution in [3.8, 4) is 0 Å². The minimum atomic E-state index is -3.57. The number of amides is 1. The molecule has 0 atom stereocenters. The Balaban J connectivity index is 1.83. The van der Waals surface area contributed by atoms with Crippen LogP contribution in [0.5, 0.6) is 0 Å². The van der Waals surface area contributed by atoms with Gasteiger partial charge in [0.1, 0.15) is 0 Å². The van der Waals surface area contributed by atoms with E-state index in [2.05, 4.69) is 15.0 Å². The number of hydrogen-bond donors (Lipinski definition) is 2. The van der Waals surface area contributed by atoms with E-state index in [4.69, 9.17) is 0 Å². The first-order chi connectivity index (χ1) is 11.4. The van der Waals surface area contributed by atoms with E-state index in [9.17, 15) is 13.2 Å². The molecular weight excluding hydrogens is 326 g/mol. The molecule has 0 radical (unpaired) electrons. The van der Waals surface area contributed by atoms with Gasteiger partial charge in [0.2, 0.25) is 15.9 Å². The molecule has 0 spiro atoms. The molecule has 128 valence electrons. The molecule has 2 N–H and O–H groups in total. The second-order valence-electron chi connectivity index (χ2n) is 5.60. The smallest absolute Gasteiger partial charge is 0.235 e. The average molecular weight is 347 g/mol. The van der Waals surface area contributed by atoms with E-state index in [1.807, 2.05) is 32.0 Å². The van der Waals surface area contributed by atoms with Crippen LogP contribution in [0.3, 0.4) is 0 Å². The van der Waals surface area contributed by atoms with Crippen LogP contribution in [0.4, 0.5) is 0 Å². The molecule has 0 unspecified atom stereocenters. The zero-order chi connectivity index (χ0) is 17.6. The number of carbonyl (C=O) groups excluding carboxylic acids is 1. The Hall–Kier alpha value is -2.25. The first kappa shape index (κ1) is 18.1. The Morgan fingerprint density at radius 1 is 1.12 bits per heavy atom. The fourth-order valence-electron chi connectivity index (χ4n) is 2.09. The molecule has 6 nitrogen and oxygen atoms in total. The molecule has 1 heterocycles. The molecule has 1 aromatic carbocycles. The first-order valence-electron chi connectivity index (χ1n) is 7.56. The van der Waals surface area contributed by atoms with Crippen molar-refractivity contribution in [3.63, 3.8) is 0 Å². The van der Waals surface area contributed by atoms with Gasteiger partial charge in [0.05, 0.1) is 24.5 Å². The van der Waals surface area contributed by atoms with Crippen molar-refractivity contribution < 1.29 is 13.2 Å². The fourth-order valence-corrected chi connectivity index (χ4v) is 3.17. The van der Waals surface area contributed by atoms with E-state index in [0.29, 0.717) is 11.3 Å². The lowest BCUT2D eigenvalue weighted by Gasteiger charge is -2.09. The minimum absolute atomic E-state index is 0.151. The summed E-state index contributed by atoms with van der Waals surface area (Å²) in [5.41, 5.74) is 3.55. The fraction of sp³-hybridized carbons (Fsp3) is 0.294. The van der Waals surface area contributed by atoms with E-state index in [1.165, 1.54) is 0 Å². The van der Waals surface area contributed by atoms with Gasteiger partial charge in [-0.15, -0.1) is 0 Å². The van der Waals surface area contributed by atoms with Crippen LogP contribution in [0.1, 0.15) is 22.4 Å². The summed E-state index contributed by atoms with van der Waals surface area (Å²) in [4.78, 5) is 15.8. The predicted molar refractivity (Wildman–Crippen MR) is 92.6 cm³/mol. The second kappa shape index (κ2) is 8.03. The van der Waals surface area contributed by atoms with Crippen LogP contribution in [0, 0.1) is 13.8 Å². The number of nitrogens with one attached hydrogen (secondary N) is 2.